The zero-order valence-corrected chi connectivity index (χ0v) is 16.1. The van der Waals surface area contributed by atoms with E-state index < -0.39 is 12.3 Å². The van der Waals surface area contributed by atoms with Crippen LogP contribution in [0.4, 0.5) is 0 Å². The van der Waals surface area contributed by atoms with E-state index in [9.17, 15) is 19.8 Å². The molecule has 1 rings (SSSR count). The lowest BCUT2D eigenvalue weighted by Crippen LogP contribution is -2.19. The van der Waals surface area contributed by atoms with Gasteiger partial charge in [-0.3, -0.25) is 9.59 Å². The molecule has 0 aromatic carbocycles. The van der Waals surface area contributed by atoms with Gasteiger partial charge in [-0.1, -0.05) is 57.6 Å². The van der Waals surface area contributed by atoms with Gasteiger partial charge in [-0.15, -0.1) is 0 Å². The van der Waals surface area contributed by atoms with E-state index >= 15 is 0 Å². The molecule has 3 N–H and O–H groups in total. The summed E-state index contributed by atoms with van der Waals surface area (Å²) >= 11 is 0. The van der Waals surface area contributed by atoms with Gasteiger partial charge in [-0.05, 0) is 31.6 Å². The maximum atomic E-state index is 12.2. The van der Waals surface area contributed by atoms with Crippen LogP contribution >= 0.6 is 0 Å². The maximum absolute atomic E-state index is 12.2. The Balaban J connectivity index is 2.42. The molecule has 150 valence electrons. The summed E-state index contributed by atoms with van der Waals surface area (Å²) in [5.74, 6) is -0.446. The lowest BCUT2D eigenvalue weighted by Gasteiger charge is -2.18. The van der Waals surface area contributed by atoms with E-state index in [2.05, 4.69) is 6.92 Å². The first-order chi connectivity index (χ1) is 12.5. The monoisotopic (exact) mass is 368 g/mol. The molecule has 0 unspecified atom stereocenters. The van der Waals surface area contributed by atoms with Gasteiger partial charge in [0.25, 0.3) is 0 Å². The lowest BCUT2D eigenvalue weighted by atomic mass is 9.88. The predicted octanol–water partition coefficient (Wildman–Crippen LogP) is 4.07. The van der Waals surface area contributed by atoms with E-state index in [-0.39, 0.29) is 24.2 Å². The molecular weight excluding hydrogens is 332 g/mol. The summed E-state index contributed by atoms with van der Waals surface area (Å²) in [7, 11) is 0. The van der Waals surface area contributed by atoms with Crippen molar-refractivity contribution in [3.63, 3.8) is 0 Å². The number of aliphatic hydroxyl groups is 2. The van der Waals surface area contributed by atoms with Crippen molar-refractivity contribution in [3.05, 3.63) is 12.2 Å². The van der Waals surface area contributed by atoms with E-state index in [0.717, 1.165) is 57.8 Å². The second kappa shape index (κ2) is 13.0. The van der Waals surface area contributed by atoms with E-state index in [1.807, 2.05) is 12.2 Å². The highest BCUT2D eigenvalue weighted by molar-refractivity contribution is 5.83. The second-order valence-corrected chi connectivity index (χ2v) is 7.58. The molecule has 1 fully saturated rings. The summed E-state index contributed by atoms with van der Waals surface area (Å²) < 4.78 is 0. The minimum Gasteiger partial charge on any atom is -0.481 e. The summed E-state index contributed by atoms with van der Waals surface area (Å²) in [5.41, 5.74) is 0. The third-order valence-electron chi connectivity index (χ3n) is 5.44. The topological polar surface area (TPSA) is 94.8 Å². The molecule has 0 aromatic heterocycles. The van der Waals surface area contributed by atoms with Crippen LogP contribution < -0.4 is 0 Å². The number of carboxylic acids is 1. The molecule has 5 heteroatoms. The highest BCUT2D eigenvalue weighted by Crippen LogP contribution is 2.34. The molecule has 0 amide bonds. The number of hydrogen-bond acceptors (Lipinski definition) is 4. The number of aliphatic hydroxyl groups excluding tert-OH is 1. The van der Waals surface area contributed by atoms with Crippen LogP contribution in [-0.2, 0) is 9.59 Å². The van der Waals surface area contributed by atoms with Gasteiger partial charge in [0.2, 0.25) is 0 Å². The largest absolute Gasteiger partial charge is 0.481 e. The fraction of sp³-hybridized carbons (Fsp3) is 0.810. The fourth-order valence-corrected chi connectivity index (χ4v) is 3.79. The first-order valence-corrected chi connectivity index (χ1v) is 10.2. The number of unbranched alkanes of at least 4 members (excludes halogenated alkanes) is 5. The van der Waals surface area contributed by atoms with E-state index in [1.54, 1.807) is 0 Å². The Hall–Kier alpha value is -1.20. The molecule has 5 nitrogen and oxygen atoms in total. The molecule has 1 saturated carbocycles. The molecule has 0 aliphatic heterocycles. The van der Waals surface area contributed by atoms with Crippen LogP contribution in [0.15, 0.2) is 12.2 Å². The highest BCUT2D eigenvalue weighted by atomic mass is 16.5. The zero-order chi connectivity index (χ0) is 19.4. The van der Waals surface area contributed by atoms with Crippen LogP contribution in [-0.4, -0.2) is 33.4 Å². The average Bonchev–Trinajstić information content (AvgIpc) is 2.93. The van der Waals surface area contributed by atoms with Crippen molar-refractivity contribution in [2.45, 2.75) is 90.3 Å². The Morgan fingerprint density at radius 3 is 2.54 bits per heavy atom. The average molecular weight is 369 g/mol. The number of hydrogen-bond donors (Lipinski definition) is 3. The van der Waals surface area contributed by atoms with Crippen LogP contribution in [0.25, 0.3) is 0 Å². The number of Topliss-reactive ketones (excluding diaryl/α,β-unsaturated/α-hetero) is 1. The summed E-state index contributed by atoms with van der Waals surface area (Å²) in [6, 6.07) is 0. The van der Waals surface area contributed by atoms with Gasteiger partial charge >= 0.3 is 5.97 Å². The number of carboxylic acid groups (broad SMARTS) is 1. The van der Waals surface area contributed by atoms with Crippen LogP contribution in [0.1, 0.15) is 84.0 Å². The molecule has 3 atom stereocenters. The number of allylic oxidation sites excluding steroid dienone is 1. The third-order valence-corrected chi connectivity index (χ3v) is 5.44. The standard InChI is InChI=1S/C21H36O5/c1-2-3-6-9-17(21(25)26)13-12-16-14-15-19(22)18(16)10-7-4-5-8-11-20(23)24/h12-13,16-18,21,25-26H,2-11,14-15H2,1H3,(H,23,24)/t16-,17-,18+/m0/s1. The summed E-state index contributed by atoms with van der Waals surface area (Å²) in [4.78, 5) is 22.7. The number of ketones is 1. The number of carbonyl (C=O) groups excluding carboxylic acids is 1. The molecular formula is C21H36O5. The Morgan fingerprint density at radius 1 is 1.15 bits per heavy atom. The minimum atomic E-state index is -1.34. The van der Waals surface area contributed by atoms with Gasteiger partial charge in [0, 0.05) is 24.7 Å². The normalized spacial score (nSPS) is 21.8. The Bertz CT molecular complexity index is 444. The lowest BCUT2D eigenvalue weighted by molar-refractivity contribution is -0.137. The van der Waals surface area contributed by atoms with Crippen molar-refractivity contribution >= 4 is 11.8 Å². The van der Waals surface area contributed by atoms with Crippen LogP contribution in [0.3, 0.4) is 0 Å². The van der Waals surface area contributed by atoms with Crippen molar-refractivity contribution in [2.24, 2.45) is 17.8 Å². The molecule has 0 spiro atoms. The second-order valence-electron chi connectivity index (χ2n) is 7.58. The van der Waals surface area contributed by atoms with E-state index in [4.69, 9.17) is 5.11 Å². The van der Waals surface area contributed by atoms with Crippen molar-refractivity contribution in [1.29, 1.82) is 0 Å². The van der Waals surface area contributed by atoms with E-state index in [1.165, 1.54) is 0 Å². The number of aliphatic carboxylic acids is 1. The van der Waals surface area contributed by atoms with Gasteiger partial charge in [-0.2, -0.15) is 0 Å². The number of carbonyl (C=O) groups is 2. The van der Waals surface area contributed by atoms with Gasteiger partial charge in [-0.25, -0.2) is 0 Å². The Kier molecular flexibility index (Phi) is 11.5. The van der Waals surface area contributed by atoms with Gasteiger partial charge in [0.15, 0.2) is 6.29 Å². The Labute approximate surface area is 157 Å². The maximum Gasteiger partial charge on any atom is 0.303 e. The smallest absolute Gasteiger partial charge is 0.303 e. The van der Waals surface area contributed by atoms with Gasteiger partial charge < -0.3 is 15.3 Å². The molecule has 0 radical (unpaired) electrons. The fourth-order valence-electron chi connectivity index (χ4n) is 3.79. The SMILES string of the molecule is CCCCC[C@@H](C=C[C@H]1CCC(=O)[C@@H]1CCCCCCC(=O)O)C(O)O. The first-order valence-electron chi connectivity index (χ1n) is 10.2. The summed E-state index contributed by atoms with van der Waals surface area (Å²) in [6.45, 7) is 2.12. The number of rotatable bonds is 14. The summed E-state index contributed by atoms with van der Waals surface area (Å²) in [6.07, 6.45) is 12.6. The predicted molar refractivity (Wildman–Crippen MR) is 102 cm³/mol. The zero-order valence-electron chi connectivity index (χ0n) is 16.1. The molecule has 26 heavy (non-hydrogen) atoms. The minimum absolute atomic E-state index is 0.0397. The Morgan fingerprint density at radius 2 is 1.88 bits per heavy atom. The molecule has 0 heterocycles. The van der Waals surface area contributed by atoms with Gasteiger partial charge in [0.05, 0.1) is 0 Å². The quantitative estimate of drug-likeness (QED) is 0.244. The summed E-state index contributed by atoms with van der Waals surface area (Å²) in [5, 5.41) is 27.8. The van der Waals surface area contributed by atoms with Crippen LogP contribution in [0.2, 0.25) is 0 Å². The molecule has 0 bridgehead atoms. The van der Waals surface area contributed by atoms with E-state index in [0.29, 0.717) is 18.6 Å². The molecule has 0 saturated heterocycles. The molecule has 1 aliphatic rings. The van der Waals surface area contributed by atoms with Crippen molar-refractivity contribution in [2.75, 3.05) is 0 Å². The highest BCUT2D eigenvalue weighted by Gasteiger charge is 2.32. The third kappa shape index (κ3) is 8.95. The molecule has 1 aliphatic carbocycles. The molecule has 0 aromatic rings. The van der Waals surface area contributed by atoms with Crippen LogP contribution in [0.5, 0.6) is 0 Å². The van der Waals surface area contributed by atoms with Crippen molar-refractivity contribution in [3.8, 4) is 0 Å². The first kappa shape index (κ1) is 22.8. The van der Waals surface area contributed by atoms with Crippen LogP contribution in [0, 0.1) is 17.8 Å². The van der Waals surface area contributed by atoms with Crippen molar-refractivity contribution in [1.82, 2.24) is 0 Å². The van der Waals surface area contributed by atoms with Crippen molar-refractivity contribution < 1.29 is 24.9 Å². The van der Waals surface area contributed by atoms with Gasteiger partial charge in [0.1, 0.15) is 5.78 Å².